The second kappa shape index (κ2) is 38.3. The second-order valence-corrected chi connectivity index (χ2v) is 34.9. The number of hydrogen-bond donors (Lipinski definition) is 7. The predicted octanol–water partition coefficient (Wildman–Crippen LogP) is 10.1. The predicted molar refractivity (Wildman–Crippen MR) is 389 cm³/mol. The minimum atomic E-state index is -2.16. The lowest BCUT2D eigenvalue weighted by Crippen LogP contribution is -2.62. The average molecular weight is 1420 g/mol. The molecular weight excluding hydrogens is 1320 g/mol. The van der Waals surface area contributed by atoms with Gasteiger partial charge in [-0.2, -0.15) is 0 Å². The van der Waals surface area contributed by atoms with E-state index in [-0.39, 0.29) is 72.7 Å². The number of ether oxygens (including phenoxy) is 4. The van der Waals surface area contributed by atoms with Gasteiger partial charge in [-0.15, -0.1) is 29.3 Å². The molecule has 3 aliphatic heterocycles. The molecule has 2 saturated heterocycles. The van der Waals surface area contributed by atoms with Crippen molar-refractivity contribution in [2.45, 2.75) is 206 Å². The normalized spacial score (nSPS) is 21.5. The van der Waals surface area contributed by atoms with Gasteiger partial charge < -0.3 is 49.7 Å². The molecule has 7 N–H and O–H groups in total. The number of hydrogen-bond acceptors (Lipinski definition) is 18. The Morgan fingerprint density at radius 2 is 1.58 bits per heavy atom. The first kappa shape index (κ1) is 80.5. The number of carbonyl (C=O) groups excluding carboxylic acids is 8. The van der Waals surface area contributed by atoms with Crippen molar-refractivity contribution in [1.29, 1.82) is 0 Å². The van der Waals surface area contributed by atoms with Gasteiger partial charge in [-0.05, 0) is 147 Å². The first-order valence-corrected chi connectivity index (χ1v) is 38.9. The molecule has 25 heteroatoms. The highest BCUT2D eigenvalue weighted by Crippen LogP contribution is 2.38. The molecule has 3 aliphatic rings. The largest absolute Gasteiger partial charge is 0.543 e. The van der Waals surface area contributed by atoms with Gasteiger partial charge in [-0.3, -0.25) is 48.4 Å². The van der Waals surface area contributed by atoms with E-state index in [0.717, 1.165) is 25.1 Å². The molecule has 4 bridgehead atoms. The van der Waals surface area contributed by atoms with Crippen molar-refractivity contribution in [3.05, 3.63) is 129 Å². The number of cyclic esters (lactones) is 1. The highest BCUT2D eigenvalue weighted by Gasteiger charge is 2.41. The summed E-state index contributed by atoms with van der Waals surface area (Å²) in [6.07, 6.45) is 11.7. The van der Waals surface area contributed by atoms with E-state index < -0.39 is 92.0 Å². The molecule has 99 heavy (non-hydrogen) atoms. The molecule has 4 aromatic rings. The van der Waals surface area contributed by atoms with E-state index in [9.17, 15) is 43.5 Å². The minimum Gasteiger partial charge on any atom is -0.543 e. The van der Waals surface area contributed by atoms with Gasteiger partial charge in [0, 0.05) is 59.7 Å². The number of nitrogens with zero attached hydrogens (tertiary/aromatic N) is 2. The van der Waals surface area contributed by atoms with Crippen LogP contribution < -0.4 is 36.5 Å². The summed E-state index contributed by atoms with van der Waals surface area (Å²) in [5.41, 5.74) is 7.50. The molecule has 10 atom stereocenters. The number of benzene rings is 2. The Kier molecular flexibility index (Phi) is 31.1. The van der Waals surface area contributed by atoms with Crippen LogP contribution in [0, 0.1) is 23.7 Å². The number of hydrazine groups is 2. The van der Waals surface area contributed by atoms with Crippen LogP contribution in [0.5, 0.6) is 11.5 Å². The molecule has 7 rings (SSSR count). The number of esters is 2. The smallest absolute Gasteiger partial charge is 0.325 e. The molecule has 0 saturated carbocycles. The number of fused-ring (bicyclic) bond motifs is 4. The van der Waals surface area contributed by atoms with Crippen molar-refractivity contribution in [2.75, 3.05) is 27.3 Å². The van der Waals surface area contributed by atoms with Crippen LogP contribution in [0.1, 0.15) is 144 Å². The number of phenols is 1. The van der Waals surface area contributed by atoms with Crippen LogP contribution in [-0.2, 0) is 83.4 Å². The molecule has 542 valence electrons. The molecule has 0 aliphatic carbocycles. The fourth-order valence-electron chi connectivity index (χ4n) is 11.4. The highest BCUT2D eigenvalue weighted by molar-refractivity contribution is 7.13. The summed E-state index contributed by atoms with van der Waals surface area (Å²) in [6.45, 7) is 30.2. The molecule has 2 aromatic heterocycles. The summed E-state index contributed by atoms with van der Waals surface area (Å²) >= 11 is 3.02. The summed E-state index contributed by atoms with van der Waals surface area (Å²) < 4.78 is 29.0. The van der Waals surface area contributed by atoms with Crippen LogP contribution in [0.4, 0.5) is 0 Å². The van der Waals surface area contributed by atoms with Crippen molar-refractivity contribution < 1.29 is 66.8 Å². The Balaban J connectivity index is 0.000000317. The van der Waals surface area contributed by atoms with E-state index in [4.69, 9.17) is 23.4 Å². The lowest BCUT2D eigenvalue weighted by Gasteiger charge is -2.36. The molecule has 22 nitrogen and oxygen atoms in total. The van der Waals surface area contributed by atoms with Gasteiger partial charge in [-0.25, -0.2) is 10.9 Å². The molecular formula is C74H106N8O14S2Si. The maximum atomic E-state index is 14.4. The fourth-order valence-corrected chi connectivity index (χ4v) is 14.0. The first-order valence-electron chi connectivity index (χ1n) is 34.3. The molecule has 6 amide bonds. The van der Waals surface area contributed by atoms with E-state index in [1.807, 2.05) is 88.4 Å². The van der Waals surface area contributed by atoms with E-state index in [1.54, 1.807) is 52.4 Å². The number of amides is 6. The maximum absolute atomic E-state index is 14.4. The molecule has 2 fully saturated rings. The number of allylic oxidation sites excluding steroid dienone is 2. The van der Waals surface area contributed by atoms with Crippen LogP contribution in [-0.4, -0.2) is 147 Å². The Labute approximate surface area is 593 Å². The van der Waals surface area contributed by atoms with Crippen LogP contribution in [0.3, 0.4) is 0 Å². The number of rotatable bonds is 23. The summed E-state index contributed by atoms with van der Waals surface area (Å²) in [5, 5.41) is 24.4. The number of aromatic hydroxyl groups is 1. The van der Waals surface area contributed by atoms with Gasteiger partial charge in [-0.1, -0.05) is 111 Å². The zero-order chi connectivity index (χ0) is 72.7. The fraction of sp³-hybridized carbons (Fsp3) is 0.541. The average Bonchev–Trinajstić information content (AvgIpc) is 1.47. The SMILES string of the molecule is C=CCC[C@@H](OC)[C@@H](C)C(=O)N[C@H](C(=O)N[C@@H](Cc1cccc(O[Si](C)(C)C(C)(C)C)c1)C(=O)N1CCC[C@@H](C(=O)OCc2ccc(C=C)s2)N1)C(C)C.CO[C@@H]1CC/C=C/c2ccc(s2)COC(=O)[C@@H]2CCCN(N2)C(=O)[C@H](Cc2cccc(O)c2)NC(=O)[C@H](C(C)C)NC(=O)[C@@H]1C. The van der Waals surface area contributed by atoms with Crippen molar-refractivity contribution in [3.63, 3.8) is 0 Å². The van der Waals surface area contributed by atoms with E-state index in [2.05, 4.69) is 79.1 Å². The van der Waals surface area contributed by atoms with Gasteiger partial charge in [0.1, 0.15) is 61.0 Å². The third kappa shape index (κ3) is 24.1. The van der Waals surface area contributed by atoms with Crippen molar-refractivity contribution in [2.24, 2.45) is 23.7 Å². The van der Waals surface area contributed by atoms with Gasteiger partial charge in [0.05, 0.1) is 24.0 Å². The molecule has 0 spiro atoms. The Morgan fingerprint density at radius 1 is 0.848 bits per heavy atom. The highest BCUT2D eigenvalue weighted by atomic mass is 32.1. The number of phenolic OH excluding ortho intramolecular Hbond substituents is 1. The third-order valence-electron chi connectivity index (χ3n) is 18.4. The zero-order valence-corrected chi connectivity index (χ0v) is 62.6. The van der Waals surface area contributed by atoms with E-state index in [0.29, 0.717) is 75.8 Å². The van der Waals surface area contributed by atoms with Crippen LogP contribution in [0.15, 0.2) is 98.1 Å². The van der Waals surface area contributed by atoms with Crippen molar-refractivity contribution in [1.82, 2.24) is 42.1 Å². The Hall–Kier alpha value is -7.52. The summed E-state index contributed by atoms with van der Waals surface area (Å²) in [7, 11) is 0.972. The lowest BCUT2D eigenvalue weighted by atomic mass is 9.96. The standard InChI is InChI=1S/C41H62N4O7SSi.C33H44N4O7S/c1-12-14-20-35(50-9)28(5)37(46)43-36(27(3)4)38(47)42-34(25-29-17-15-18-30(24-29)52-54(10,11)41(6,7)8)39(48)45-23-16-19-33(44-45)40(49)51-26-32-22-21-31(13-2)53-32;1-20(2)29-31(40)34-27(18-22-9-7-10-23(38)17-22)32(41)37-16-8-12-26(36-37)33(42)44-19-25-15-14-24(45-25)11-5-6-13-28(43-4)21(3)30(39)35-29/h12-13,15,17-18,21-22,24,27-28,33-36,44H,1-2,14,16,19-20,23,25-26H2,3-11H3,(H,42,47)(H,43,46);5,7,9-11,14-15,17,20-21,26-29,36,38H,6,8,12-13,16,18-19H2,1-4H3,(H,34,40)(H,35,39)/b;11-5+/t28-,33+,34+,35-,36+;21-,26+,27+,28-,29+/m11/s1. The number of methoxy groups -OCH3 is 2. The first-order chi connectivity index (χ1) is 46.9. The summed E-state index contributed by atoms with van der Waals surface area (Å²) in [6, 6.07) is 16.4. The van der Waals surface area contributed by atoms with Gasteiger partial charge in [0.2, 0.25) is 31.9 Å². The quantitative estimate of drug-likeness (QED) is 0.0207. The lowest BCUT2D eigenvalue weighted by molar-refractivity contribution is -0.155. The van der Waals surface area contributed by atoms with Crippen LogP contribution in [0.25, 0.3) is 12.2 Å². The topological polar surface area (TPSA) is 282 Å². The zero-order valence-electron chi connectivity index (χ0n) is 59.9. The third-order valence-corrected chi connectivity index (χ3v) is 24.9. The summed E-state index contributed by atoms with van der Waals surface area (Å²) in [5.74, 6) is -4.29. The van der Waals surface area contributed by atoms with E-state index in [1.165, 1.54) is 44.8 Å². The van der Waals surface area contributed by atoms with E-state index >= 15 is 0 Å². The minimum absolute atomic E-state index is 0.0197. The van der Waals surface area contributed by atoms with Crippen molar-refractivity contribution >= 4 is 90.5 Å². The number of nitrogens with one attached hydrogen (secondary N) is 6. The Bertz CT molecular complexity index is 3420. The molecule has 5 heterocycles. The van der Waals surface area contributed by atoms with Gasteiger partial charge in [0.15, 0.2) is 0 Å². The van der Waals surface area contributed by atoms with Crippen LogP contribution >= 0.6 is 22.7 Å². The van der Waals surface area contributed by atoms with Gasteiger partial charge in [0.25, 0.3) is 11.8 Å². The molecule has 2 aromatic carbocycles. The molecule has 0 radical (unpaired) electrons. The second-order valence-electron chi connectivity index (χ2n) is 27.8. The number of carbonyl (C=O) groups is 8. The maximum Gasteiger partial charge on any atom is 0.325 e. The summed E-state index contributed by atoms with van der Waals surface area (Å²) in [4.78, 5) is 113. The number of thiophene rings is 2. The monoisotopic (exact) mass is 1420 g/mol. The molecule has 0 unspecified atom stereocenters. The van der Waals surface area contributed by atoms with Crippen molar-refractivity contribution in [3.8, 4) is 11.5 Å². The van der Waals surface area contributed by atoms with Gasteiger partial charge >= 0.3 is 11.9 Å². The van der Waals surface area contributed by atoms with Crippen LogP contribution in [0.2, 0.25) is 18.1 Å². The Morgan fingerprint density at radius 3 is 2.24 bits per heavy atom.